The topological polar surface area (TPSA) is 223 Å². The number of ether oxygens (including phenoxy) is 3. The van der Waals surface area contributed by atoms with Crippen LogP contribution in [0.4, 0.5) is 0 Å². The van der Waals surface area contributed by atoms with Crippen LogP contribution in [0.5, 0.6) is 0 Å². The van der Waals surface area contributed by atoms with Gasteiger partial charge in [-0.25, -0.2) is 0 Å². The number of aliphatic hydroxyl groups is 7. The van der Waals surface area contributed by atoms with Crippen LogP contribution in [0.3, 0.4) is 0 Å². The minimum atomic E-state index is -1.76. The first-order chi connectivity index (χ1) is 12.3. The molecule has 0 unspecified atom stereocenters. The molecule has 154 valence electrons. The first-order valence-corrected chi connectivity index (χ1v) is 7.73. The number of hydrogen-bond acceptors (Lipinski definition) is 14. The van der Waals surface area contributed by atoms with Crippen LogP contribution < -0.4 is 11.2 Å². The van der Waals surface area contributed by atoms with Crippen LogP contribution in [0, 0.1) is 0 Å². The first kappa shape index (κ1) is 21.7. The SMILES string of the molecule is OC[C@H]1O[C@H](O)[C@H](O)[C@@H](O)[C@@H]1O[C@@H]1O[C@H](CONNO)[C@H](O)[C@H](O)[C@H]1O. The number of aliphatic hydroxyl groups excluding tert-OH is 7. The molecule has 14 nitrogen and oxygen atoms in total. The van der Waals surface area contributed by atoms with Gasteiger partial charge >= 0.3 is 0 Å². The van der Waals surface area contributed by atoms with E-state index in [0.29, 0.717) is 0 Å². The Kier molecular flexibility index (Phi) is 8.01. The van der Waals surface area contributed by atoms with E-state index in [4.69, 9.17) is 19.4 Å². The van der Waals surface area contributed by atoms with E-state index in [-0.39, 0.29) is 0 Å². The third kappa shape index (κ3) is 4.64. The lowest BCUT2D eigenvalue weighted by Gasteiger charge is -2.45. The van der Waals surface area contributed by atoms with Gasteiger partial charge in [0, 0.05) is 0 Å². The molecule has 0 aromatic heterocycles. The Morgan fingerprint density at radius 3 is 2.12 bits per heavy atom. The van der Waals surface area contributed by atoms with Gasteiger partial charge in [0.25, 0.3) is 0 Å². The Morgan fingerprint density at radius 1 is 0.808 bits per heavy atom. The molecule has 0 bridgehead atoms. The van der Waals surface area contributed by atoms with Crippen molar-refractivity contribution in [2.24, 2.45) is 0 Å². The van der Waals surface area contributed by atoms with E-state index in [9.17, 15) is 35.7 Å². The van der Waals surface area contributed by atoms with Crippen molar-refractivity contribution in [3.8, 4) is 0 Å². The Balaban J connectivity index is 2.07. The maximum Gasteiger partial charge on any atom is 0.187 e. The summed E-state index contributed by atoms with van der Waals surface area (Å²) in [6, 6.07) is 0. The Morgan fingerprint density at radius 2 is 1.50 bits per heavy atom. The molecule has 0 amide bonds. The quantitative estimate of drug-likeness (QED) is 0.145. The highest BCUT2D eigenvalue weighted by atomic mass is 16.8. The maximum absolute atomic E-state index is 10.0. The first-order valence-electron chi connectivity index (χ1n) is 7.73. The van der Waals surface area contributed by atoms with E-state index < -0.39 is 74.6 Å². The average molecular weight is 388 g/mol. The average Bonchev–Trinajstić information content (AvgIpc) is 2.63. The minimum absolute atomic E-state index is 0.396. The second-order valence-corrected chi connectivity index (χ2v) is 5.87. The summed E-state index contributed by atoms with van der Waals surface area (Å²) in [4.78, 5) is 4.68. The van der Waals surface area contributed by atoms with Crippen molar-refractivity contribution < 1.29 is 60.0 Å². The van der Waals surface area contributed by atoms with Crippen LogP contribution in [0.15, 0.2) is 0 Å². The summed E-state index contributed by atoms with van der Waals surface area (Å²) in [5.41, 5.74) is 3.31. The molecular weight excluding hydrogens is 364 g/mol. The minimum Gasteiger partial charge on any atom is -0.394 e. The summed E-state index contributed by atoms with van der Waals surface area (Å²) >= 11 is 0. The van der Waals surface area contributed by atoms with Gasteiger partial charge in [0.2, 0.25) is 0 Å². The molecule has 2 fully saturated rings. The summed E-state index contributed by atoms with van der Waals surface area (Å²) in [5.74, 6) is 0. The van der Waals surface area contributed by atoms with Crippen LogP contribution in [-0.4, -0.2) is 116 Å². The zero-order valence-corrected chi connectivity index (χ0v) is 13.4. The third-order valence-electron chi connectivity index (χ3n) is 4.16. The molecule has 0 spiro atoms. The largest absolute Gasteiger partial charge is 0.394 e. The molecule has 10 N–H and O–H groups in total. The summed E-state index contributed by atoms with van der Waals surface area (Å²) in [6.45, 7) is -1.09. The fourth-order valence-electron chi connectivity index (χ4n) is 2.71. The molecule has 0 aromatic rings. The van der Waals surface area contributed by atoms with Gasteiger partial charge < -0.3 is 55.2 Å². The van der Waals surface area contributed by atoms with E-state index in [0.717, 1.165) is 0 Å². The predicted octanol–water partition coefficient (Wildman–Crippen LogP) is -5.97. The summed E-state index contributed by atoms with van der Waals surface area (Å²) < 4.78 is 15.5. The van der Waals surface area contributed by atoms with Gasteiger partial charge in [-0.15, -0.1) is 11.2 Å². The van der Waals surface area contributed by atoms with Gasteiger partial charge in [-0.2, -0.15) is 0 Å². The Labute approximate surface area is 147 Å². The summed E-state index contributed by atoms with van der Waals surface area (Å²) in [7, 11) is 0. The molecule has 0 saturated carbocycles. The molecule has 0 aromatic carbocycles. The van der Waals surface area contributed by atoms with E-state index >= 15 is 0 Å². The fourth-order valence-corrected chi connectivity index (χ4v) is 2.71. The lowest BCUT2D eigenvalue weighted by atomic mass is 9.97. The van der Waals surface area contributed by atoms with Gasteiger partial charge in [0.1, 0.15) is 48.8 Å². The van der Waals surface area contributed by atoms with Gasteiger partial charge in [0.05, 0.1) is 13.2 Å². The van der Waals surface area contributed by atoms with E-state index in [1.54, 1.807) is 0 Å². The van der Waals surface area contributed by atoms with Crippen molar-refractivity contribution in [1.82, 2.24) is 11.2 Å². The molecule has 2 aliphatic heterocycles. The molecule has 14 heteroatoms. The van der Waals surface area contributed by atoms with Gasteiger partial charge in [-0.1, -0.05) is 0 Å². The third-order valence-corrected chi connectivity index (χ3v) is 4.16. The van der Waals surface area contributed by atoms with E-state index in [1.807, 2.05) is 5.59 Å². The van der Waals surface area contributed by atoms with Crippen LogP contribution in [0.25, 0.3) is 0 Å². The normalized spacial score (nSPS) is 47.1. The van der Waals surface area contributed by atoms with Crippen molar-refractivity contribution in [2.75, 3.05) is 13.2 Å². The molecule has 0 aliphatic carbocycles. The monoisotopic (exact) mass is 388 g/mol. The Hall–Kier alpha value is -0.560. The van der Waals surface area contributed by atoms with Crippen molar-refractivity contribution in [1.29, 1.82) is 0 Å². The van der Waals surface area contributed by atoms with Crippen LogP contribution in [-0.2, 0) is 19.0 Å². The van der Waals surface area contributed by atoms with Crippen LogP contribution in [0.1, 0.15) is 0 Å². The molecule has 2 aliphatic rings. The lowest BCUT2D eigenvalue weighted by Crippen LogP contribution is -2.64. The molecule has 2 rings (SSSR count). The summed E-state index contributed by atoms with van der Waals surface area (Å²) in [5, 5.41) is 76.7. The van der Waals surface area contributed by atoms with Gasteiger partial charge in [-0.05, 0) is 0 Å². The highest BCUT2D eigenvalue weighted by molar-refractivity contribution is 4.93. The molecule has 2 heterocycles. The van der Waals surface area contributed by atoms with Crippen LogP contribution >= 0.6 is 0 Å². The van der Waals surface area contributed by atoms with E-state index in [2.05, 4.69) is 4.84 Å². The molecule has 10 atom stereocenters. The standard InChI is InChI=1S/C12H24N2O12/c15-1-3-10(7(18)8(19)11(21)24-3)26-12-9(20)6(17)5(16)4(25-12)2-23-14-13-22/h3-22H,1-2H2/t3-,4-,5+,6+,7-,8-,9-,10-,11+,12+/m1/s1. The zero-order chi connectivity index (χ0) is 19.4. The zero-order valence-electron chi connectivity index (χ0n) is 13.4. The van der Waals surface area contributed by atoms with Gasteiger partial charge in [0.15, 0.2) is 12.6 Å². The smallest absolute Gasteiger partial charge is 0.187 e. The molecule has 26 heavy (non-hydrogen) atoms. The number of hydrazine groups is 1. The lowest BCUT2D eigenvalue weighted by molar-refractivity contribution is -0.357. The second-order valence-electron chi connectivity index (χ2n) is 5.87. The second kappa shape index (κ2) is 9.58. The van der Waals surface area contributed by atoms with Crippen molar-refractivity contribution in [3.63, 3.8) is 0 Å². The van der Waals surface area contributed by atoms with Gasteiger partial charge in [-0.3, -0.25) is 4.84 Å². The molecule has 0 radical (unpaired) electrons. The number of hydrogen-bond donors (Lipinski definition) is 10. The number of nitrogens with one attached hydrogen (secondary N) is 2. The number of rotatable bonds is 7. The fraction of sp³-hybridized carbons (Fsp3) is 1.00. The van der Waals surface area contributed by atoms with E-state index in [1.165, 1.54) is 5.59 Å². The van der Waals surface area contributed by atoms with Crippen LogP contribution in [0.2, 0.25) is 0 Å². The highest BCUT2D eigenvalue weighted by Crippen LogP contribution is 2.28. The van der Waals surface area contributed by atoms with Crippen molar-refractivity contribution in [3.05, 3.63) is 0 Å². The van der Waals surface area contributed by atoms with Crippen molar-refractivity contribution >= 4 is 0 Å². The predicted molar refractivity (Wildman–Crippen MR) is 75.5 cm³/mol. The highest BCUT2D eigenvalue weighted by Gasteiger charge is 2.50. The molecular formula is C12H24N2O12. The Bertz CT molecular complexity index is 431. The van der Waals surface area contributed by atoms with Crippen molar-refractivity contribution in [2.45, 2.75) is 61.4 Å². The summed E-state index contributed by atoms with van der Waals surface area (Å²) in [6.07, 6.45) is -15.8. The maximum atomic E-state index is 10.0. The molecule has 2 saturated heterocycles.